The zero-order chi connectivity index (χ0) is 31.5. The average Bonchev–Trinajstić information content (AvgIpc) is 2.86. The highest BCUT2D eigenvalue weighted by Gasteiger charge is 2.37. The van der Waals surface area contributed by atoms with E-state index in [9.17, 15) is 44.3 Å². The summed E-state index contributed by atoms with van der Waals surface area (Å²) in [6, 6.07) is 1.19. The zero-order valence-corrected chi connectivity index (χ0v) is 22.2. The number of hydrazine groups is 1. The SMILES string of the molecule is CN(N)/N=C(\N)N(Cc1cc(C(F)(F)F)cc(C(F)(F)F)c1)Cc1cc(C(F)(F)F)cnc1C(=O)NC1CCCCC1. The zero-order valence-electron chi connectivity index (χ0n) is 22.2. The summed E-state index contributed by atoms with van der Waals surface area (Å²) in [6.07, 6.45) is -10.8. The van der Waals surface area contributed by atoms with Crippen LogP contribution < -0.4 is 16.9 Å². The normalized spacial score (nSPS) is 15.5. The molecular weight excluding hydrogens is 585 g/mol. The van der Waals surface area contributed by atoms with Gasteiger partial charge in [-0.3, -0.25) is 9.78 Å². The second kappa shape index (κ2) is 12.6. The first-order valence-corrected chi connectivity index (χ1v) is 12.6. The van der Waals surface area contributed by atoms with E-state index in [0.717, 1.165) is 24.2 Å². The lowest BCUT2D eigenvalue weighted by molar-refractivity contribution is -0.143. The van der Waals surface area contributed by atoms with Crippen molar-refractivity contribution in [3.63, 3.8) is 0 Å². The minimum atomic E-state index is -5.15. The molecule has 8 nitrogen and oxygen atoms in total. The lowest BCUT2D eigenvalue weighted by Gasteiger charge is -2.27. The van der Waals surface area contributed by atoms with E-state index in [0.29, 0.717) is 42.4 Å². The minimum Gasteiger partial charge on any atom is -0.368 e. The number of aromatic nitrogens is 1. The van der Waals surface area contributed by atoms with Gasteiger partial charge in [0.2, 0.25) is 5.96 Å². The molecule has 1 aromatic heterocycles. The summed E-state index contributed by atoms with van der Waals surface area (Å²) in [7, 11) is 1.20. The molecule has 5 N–H and O–H groups in total. The number of hydrogen-bond acceptors (Lipinski definition) is 5. The largest absolute Gasteiger partial charge is 0.417 e. The van der Waals surface area contributed by atoms with Crippen LogP contribution in [0.15, 0.2) is 35.6 Å². The van der Waals surface area contributed by atoms with Gasteiger partial charge in [0, 0.05) is 37.9 Å². The van der Waals surface area contributed by atoms with Crippen molar-refractivity contribution < 1.29 is 44.3 Å². The van der Waals surface area contributed by atoms with Crippen molar-refractivity contribution in [3.05, 3.63) is 64.0 Å². The van der Waals surface area contributed by atoms with Gasteiger partial charge in [0.05, 0.1) is 16.7 Å². The predicted molar refractivity (Wildman–Crippen MR) is 133 cm³/mol. The molecule has 1 aliphatic rings. The summed E-state index contributed by atoms with van der Waals surface area (Å²) >= 11 is 0. The van der Waals surface area contributed by atoms with Crippen LogP contribution in [0.4, 0.5) is 39.5 Å². The molecule has 0 aliphatic heterocycles. The van der Waals surface area contributed by atoms with Gasteiger partial charge in [-0.25, -0.2) is 11.0 Å². The molecular formula is C25H28F9N7O. The Morgan fingerprint density at radius 1 is 0.905 bits per heavy atom. The van der Waals surface area contributed by atoms with Gasteiger partial charge in [0.15, 0.2) is 0 Å². The number of carbonyl (C=O) groups excluding carboxylic acids is 1. The molecule has 0 unspecified atom stereocenters. The molecule has 17 heteroatoms. The number of hydrazone groups is 1. The first-order chi connectivity index (χ1) is 19.3. The number of carbonyl (C=O) groups is 1. The highest BCUT2D eigenvalue weighted by atomic mass is 19.4. The van der Waals surface area contributed by atoms with Gasteiger partial charge in [-0.1, -0.05) is 19.3 Å². The molecule has 1 aliphatic carbocycles. The number of halogens is 9. The third kappa shape index (κ3) is 8.87. The van der Waals surface area contributed by atoms with Gasteiger partial charge in [0.25, 0.3) is 5.91 Å². The molecule has 0 radical (unpaired) electrons. The van der Waals surface area contributed by atoms with Crippen molar-refractivity contribution in [2.45, 2.75) is 69.8 Å². The molecule has 1 heterocycles. The minimum absolute atomic E-state index is 0.0661. The molecule has 42 heavy (non-hydrogen) atoms. The Labute approximate surface area is 234 Å². The number of nitrogens with two attached hydrogens (primary N) is 2. The van der Waals surface area contributed by atoms with Crippen LogP contribution >= 0.6 is 0 Å². The van der Waals surface area contributed by atoms with E-state index in [-0.39, 0.29) is 17.7 Å². The number of pyridine rings is 1. The van der Waals surface area contributed by atoms with Crippen molar-refractivity contribution in [2.75, 3.05) is 7.05 Å². The smallest absolute Gasteiger partial charge is 0.368 e. The summed E-state index contributed by atoms with van der Waals surface area (Å²) in [5.74, 6) is 4.10. The summed E-state index contributed by atoms with van der Waals surface area (Å²) in [5, 5.41) is 7.10. The number of nitrogens with zero attached hydrogens (tertiary/aromatic N) is 4. The maximum absolute atomic E-state index is 13.6. The highest BCUT2D eigenvalue weighted by molar-refractivity contribution is 5.94. The Hall–Kier alpha value is -3.76. The lowest BCUT2D eigenvalue weighted by atomic mass is 9.95. The summed E-state index contributed by atoms with van der Waals surface area (Å²) in [5.41, 5.74) is 0.169. The summed E-state index contributed by atoms with van der Waals surface area (Å²) in [4.78, 5) is 17.7. The van der Waals surface area contributed by atoms with Crippen LogP contribution in [-0.2, 0) is 31.6 Å². The quantitative estimate of drug-likeness (QED) is 0.130. The fraction of sp³-hybridized carbons (Fsp3) is 0.480. The van der Waals surface area contributed by atoms with Crippen molar-refractivity contribution in [2.24, 2.45) is 16.7 Å². The molecule has 1 amide bonds. The Kier molecular flexibility index (Phi) is 9.85. The average molecular weight is 614 g/mol. The molecule has 3 rings (SSSR count). The van der Waals surface area contributed by atoms with E-state index in [4.69, 9.17) is 11.6 Å². The molecule has 0 bridgehead atoms. The van der Waals surface area contributed by atoms with Crippen LogP contribution in [0.3, 0.4) is 0 Å². The van der Waals surface area contributed by atoms with Crippen LogP contribution in [0.25, 0.3) is 0 Å². The third-order valence-electron chi connectivity index (χ3n) is 6.42. The van der Waals surface area contributed by atoms with Crippen molar-refractivity contribution >= 4 is 11.9 Å². The van der Waals surface area contributed by atoms with E-state index >= 15 is 0 Å². The fourth-order valence-electron chi connectivity index (χ4n) is 4.47. The number of rotatable bonds is 7. The number of nitrogens with one attached hydrogen (secondary N) is 1. The molecule has 1 saturated carbocycles. The van der Waals surface area contributed by atoms with E-state index < -0.39 is 71.4 Å². The highest BCUT2D eigenvalue weighted by Crippen LogP contribution is 2.37. The van der Waals surface area contributed by atoms with Crippen LogP contribution in [0.5, 0.6) is 0 Å². The molecule has 232 valence electrons. The van der Waals surface area contributed by atoms with E-state index in [1.54, 1.807) is 0 Å². The van der Waals surface area contributed by atoms with Gasteiger partial charge in [-0.15, -0.1) is 5.10 Å². The molecule has 0 spiro atoms. The number of benzene rings is 1. The molecule has 1 fully saturated rings. The number of alkyl halides is 9. The van der Waals surface area contributed by atoms with Crippen molar-refractivity contribution in [1.29, 1.82) is 0 Å². The predicted octanol–water partition coefficient (Wildman–Crippen LogP) is 5.24. The van der Waals surface area contributed by atoms with Crippen LogP contribution in [-0.4, -0.2) is 40.0 Å². The molecule has 2 aromatic rings. The Balaban J connectivity index is 2.08. The summed E-state index contributed by atoms with van der Waals surface area (Å²) in [6.45, 7) is -1.48. The van der Waals surface area contributed by atoms with Crippen molar-refractivity contribution in [1.82, 2.24) is 20.3 Å². The third-order valence-corrected chi connectivity index (χ3v) is 6.42. The second-order valence-electron chi connectivity index (χ2n) is 9.84. The van der Waals surface area contributed by atoms with Gasteiger partial charge >= 0.3 is 18.5 Å². The van der Waals surface area contributed by atoms with E-state index in [1.165, 1.54) is 7.05 Å². The Morgan fingerprint density at radius 3 is 1.95 bits per heavy atom. The van der Waals surface area contributed by atoms with Crippen molar-refractivity contribution in [3.8, 4) is 0 Å². The second-order valence-corrected chi connectivity index (χ2v) is 9.84. The van der Waals surface area contributed by atoms with E-state index in [1.807, 2.05) is 0 Å². The molecule has 1 aromatic carbocycles. The summed E-state index contributed by atoms with van der Waals surface area (Å²) < 4.78 is 121. The molecule has 0 saturated heterocycles. The number of hydrogen-bond donors (Lipinski definition) is 3. The van der Waals surface area contributed by atoms with Gasteiger partial charge in [0.1, 0.15) is 5.69 Å². The monoisotopic (exact) mass is 613 g/mol. The topological polar surface area (TPSA) is 113 Å². The first-order valence-electron chi connectivity index (χ1n) is 12.6. The van der Waals surface area contributed by atoms with Crippen LogP contribution in [0.2, 0.25) is 0 Å². The van der Waals surface area contributed by atoms with E-state index in [2.05, 4.69) is 15.4 Å². The molecule has 0 atom stereocenters. The number of amides is 1. The van der Waals surface area contributed by atoms with Gasteiger partial charge in [-0.05, 0) is 42.7 Å². The Bertz CT molecular complexity index is 1250. The Morgan fingerprint density at radius 2 is 1.45 bits per heavy atom. The maximum Gasteiger partial charge on any atom is 0.417 e. The van der Waals surface area contributed by atoms with Gasteiger partial charge < -0.3 is 16.0 Å². The van der Waals surface area contributed by atoms with Gasteiger partial charge in [-0.2, -0.15) is 39.5 Å². The number of guanidine groups is 1. The fourth-order valence-corrected chi connectivity index (χ4v) is 4.47. The standard InChI is InChI=1S/C25H28F9N7O/c1-40(36)39-22(35)41(12-14-7-16(23(26,27)28)10-17(8-14)24(29,30)31)13-15-9-18(25(32,33)34)11-37-20(15)21(42)38-19-5-3-2-4-6-19/h7-11,19H,2-6,12-13,36H2,1H3,(H2,35,39)(H,38,42). The maximum atomic E-state index is 13.6. The van der Waals surface area contributed by atoms with Crippen LogP contribution in [0, 0.1) is 0 Å². The van der Waals surface area contributed by atoms with Crippen LogP contribution in [0.1, 0.15) is 70.4 Å². The lowest BCUT2D eigenvalue weighted by Crippen LogP contribution is -2.41. The first kappa shape index (κ1) is 32.8.